The monoisotopic (exact) mass is 253 g/mol. The highest BCUT2D eigenvalue weighted by molar-refractivity contribution is 6.30. The largest absolute Gasteiger partial charge is 0.397 e. The van der Waals surface area contributed by atoms with Gasteiger partial charge in [0.2, 0.25) is 0 Å². The number of hydrogen-bond donors (Lipinski definition) is 2. The number of hydrazine groups is 1. The lowest BCUT2D eigenvalue weighted by Gasteiger charge is -2.16. The van der Waals surface area contributed by atoms with Gasteiger partial charge in [0.25, 0.3) is 0 Å². The molecule has 0 heterocycles. The van der Waals surface area contributed by atoms with E-state index in [0.29, 0.717) is 16.6 Å². The average molecular weight is 254 g/mol. The fourth-order valence-electron chi connectivity index (χ4n) is 1.39. The molecule has 0 aromatic heterocycles. The summed E-state index contributed by atoms with van der Waals surface area (Å²) in [5.41, 5.74) is 7.46. The molecule has 4 heteroatoms. The smallest absolute Gasteiger partial charge is 0.0564 e. The predicted octanol–water partition coefficient (Wildman–Crippen LogP) is 2.82. The van der Waals surface area contributed by atoms with Crippen molar-refractivity contribution in [1.29, 1.82) is 0 Å². The van der Waals surface area contributed by atoms with Crippen LogP contribution in [0.4, 0.5) is 0 Å². The van der Waals surface area contributed by atoms with Gasteiger partial charge < -0.3 is 10.7 Å². The SMILES string of the molecule is CC(C)CCN(N)/C=C(\N)c1cccc(Cl)c1. The Morgan fingerprint density at radius 1 is 1.47 bits per heavy atom. The molecule has 94 valence electrons. The molecule has 1 rings (SSSR count). The second-order valence-corrected chi connectivity index (χ2v) is 4.95. The Labute approximate surface area is 108 Å². The van der Waals surface area contributed by atoms with Crippen molar-refractivity contribution < 1.29 is 0 Å². The van der Waals surface area contributed by atoms with Crippen molar-refractivity contribution in [2.75, 3.05) is 6.54 Å². The summed E-state index contributed by atoms with van der Waals surface area (Å²) >= 11 is 5.90. The van der Waals surface area contributed by atoms with Crippen LogP contribution in [0.25, 0.3) is 5.70 Å². The van der Waals surface area contributed by atoms with E-state index in [0.717, 1.165) is 18.5 Å². The van der Waals surface area contributed by atoms with Crippen LogP contribution in [-0.4, -0.2) is 11.6 Å². The van der Waals surface area contributed by atoms with E-state index in [9.17, 15) is 0 Å². The van der Waals surface area contributed by atoms with Gasteiger partial charge in [0, 0.05) is 23.3 Å². The molecule has 0 atom stereocenters. The van der Waals surface area contributed by atoms with E-state index in [-0.39, 0.29) is 0 Å². The van der Waals surface area contributed by atoms with E-state index in [1.54, 1.807) is 11.2 Å². The Bertz CT molecular complexity index is 388. The Morgan fingerprint density at radius 3 is 2.76 bits per heavy atom. The van der Waals surface area contributed by atoms with Crippen molar-refractivity contribution in [3.63, 3.8) is 0 Å². The lowest BCUT2D eigenvalue weighted by molar-refractivity contribution is 0.359. The van der Waals surface area contributed by atoms with Crippen molar-refractivity contribution in [1.82, 2.24) is 5.01 Å². The van der Waals surface area contributed by atoms with Crippen molar-refractivity contribution in [2.45, 2.75) is 20.3 Å². The number of nitrogens with zero attached hydrogens (tertiary/aromatic N) is 1. The molecule has 4 N–H and O–H groups in total. The fraction of sp³-hybridized carbons (Fsp3) is 0.385. The van der Waals surface area contributed by atoms with Crippen LogP contribution in [0.1, 0.15) is 25.8 Å². The molecule has 1 aromatic carbocycles. The molecule has 0 fully saturated rings. The van der Waals surface area contributed by atoms with E-state index in [2.05, 4.69) is 13.8 Å². The lowest BCUT2D eigenvalue weighted by atomic mass is 10.1. The molecule has 1 aromatic rings. The molecular formula is C13H20ClN3. The minimum atomic E-state index is 0.624. The van der Waals surface area contributed by atoms with Crippen LogP contribution in [0.5, 0.6) is 0 Å². The van der Waals surface area contributed by atoms with Gasteiger partial charge in [-0.25, -0.2) is 5.84 Å². The summed E-state index contributed by atoms with van der Waals surface area (Å²) in [6.45, 7) is 5.12. The van der Waals surface area contributed by atoms with Crippen molar-refractivity contribution in [3.05, 3.63) is 41.1 Å². The first-order valence-corrected chi connectivity index (χ1v) is 6.11. The topological polar surface area (TPSA) is 55.3 Å². The highest BCUT2D eigenvalue weighted by Crippen LogP contribution is 2.15. The average Bonchev–Trinajstić information content (AvgIpc) is 2.26. The van der Waals surface area contributed by atoms with Gasteiger partial charge in [-0.15, -0.1) is 0 Å². The van der Waals surface area contributed by atoms with Crippen molar-refractivity contribution in [3.8, 4) is 0 Å². The zero-order valence-electron chi connectivity index (χ0n) is 10.4. The first-order valence-electron chi connectivity index (χ1n) is 5.73. The predicted molar refractivity (Wildman–Crippen MR) is 74.0 cm³/mol. The van der Waals surface area contributed by atoms with Crippen LogP contribution in [0.3, 0.4) is 0 Å². The summed E-state index contributed by atoms with van der Waals surface area (Å²) < 4.78 is 0. The van der Waals surface area contributed by atoms with Crippen LogP contribution < -0.4 is 11.6 Å². The number of rotatable bonds is 5. The van der Waals surface area contributed by atoms with Gasteiger partial charge in [-0.2, -0.15) is 0 Å². The summed E-state index contributed by atoms with van der Waals surface area (Å²) in [6, 6.07) is 7.42. The summed E-state index contributed by atoms with van der Waals surface area (Å²) in [6.07, 6.45) is 2.78. The van der Waals surface area contributed by atoms with E-state index in [1.807, 2.05) is 24.3 Å². The maximum Gasteiger partial charge on any atom is 0.0564 e. The molecule has 0 aliphatic rings. The maximum absolute atomic E-state index is 5.95. The quantitative estimate of drug-likeness (QED) is 0.627. The van der Waals surface area contributed by atoms with E-state index in [1.165, 1.54) is 0 Å². The highest BCUT2D eigenvalue weighted by Gasteiger charge is 2.01. The number of nitrogens with two attached hydrogens (primary N) is 2. The van der Waals surface area contributed by atoms with Crippen LogP contribution >= 0.6 is 11.6 Å². The molecule has 17 heavy (non-hydrogen) atoms. The van der Waals surface area contributed by atoms with Crippen molar-refractivity contribution in [2.24, 2.45) is 17.5 Å². The Hall–Kier alpha value is -1.19. The third-order valence-corrected chi connectivity index (χ3v) is 2.66. The third kappa shape index (κ3) is 5.11. The minimum Gasteiger partial charge on any atom is -0.397 e. The number of hydrogen-bond acceptors (Lipinski definition) is 3. The first kappa shape index (κ1) is 13.9. The summed E-state index contributed by atoms with van der Waals surface area (Å²) in [4.78, 5) is 0. The van der Waals surface area contributed by atoms with Gasteiger partial charge in [0.15, 0.2) is 0 Å². The highest BCUT2D eigenvalue weighted by atomic mass is 35.5. The molecule has 0 radical (unpaired) electrons. The number of halogens is 1. The normalized spacial score (nSPS) is 11.9. The molecule has 3 nitrogen and oxygen atoms in total. The maximum atomic E-state index is 5.95. The van der Waals surface area contributed by atoms with Gasteiger partial charge in [0.1, 0.15) is 0 Å². The van der Waals surface area contributed by atoms with Crippen LogP contribution in [0.2, 0.25) is 5.02 Å². The molecule has 0 aliphatic heterocycles. The molecule has 0 saturated heterocycles. The second kappa shape index (κ2) is 6.52. The van der Waals surface area contributed by atoms with Gasteiger partial charge in [-0.05, 0) is 24.5 Å². The van der Waals surface area contributed by atoms with Gasteiger partial charge in [-0.3, -0.25) is 0 Å². The van der Waals surface area contributed by atoms with Crippen LogP contribution in [0, 0.1) is 5.92 Å². The molecule has 0 amide bonds. The molecular weight excluding hydrogens is 234 g/mol. The van der Waals surface area contributed by atoms with Crippen LogP contribution in [-0.2, 0) is 0 Å². The Kier molecular flexibility index (Phi) is 5.32. The molecule has 0 bridgehead atoms. The molecule has 0 unspecified atom stereocenters. The van der Waals surface area contributed by atoms with E-state index in [4.69, 9.17) is 23.2 Å². The summed E-state index contributed by atoms with van der Waals surface area (Å²) in [7, 11) is 0. The standard InChI is InChI=1S/C13H20ClN3/c1-10(2)6-7-17(16)9-13(15)11-4-3-5-12(14)8-11/h3-5,8-10H,6-7,15-16H2,1-2H3/b13-9-. The molecule has 0 aliphatic carbocycles. The molecule has 0 saturated carbocycles. The van der Waals surface area contributed by atoms with Gasteiger partial charge in [0.05, 0.1) is 5.70 Å². The molecule has 0 spiro atoms. The fourth-order valence-corrected chi connectivity index (χ4v) is 1.58. The van der Waals surface area contributed by atoms with Gasteiger partial charge in [-0.1, -0.05) is 37.6 Å². The Balaban J connectivity index is 2.65. The number of benzene rings is 1. The van der Waals surface area contributed by atoms with E-state index < -0.39 is 0 Å². The third-order valence-electron chi connectivity index (χ3n) is 2.43. The van der Waals surface area contributed by atoms with E-state index >= 15 is 0 Å². The summed E-state index contributed by atoms with van der Waals surface area (Å²) in [5.74, 6) is 6.47. The zero-order valence-corrected chi connectivity index (χ0v) is 11.1. The Morgan fingerprint density at radius 2 is 2.18 bits per heavy atom. The second-order valence-electron chi connectivity index (χ2n) is 4.52. The summed E-state index contributed by atoms with van der Waals surface area (Å²) in [5, 5.41) is 2.29. The lowest BCUT2D eigenvalue weighted by Crippen LogP contribution is -2.28. The first-order chi connectivity index (χ1) is 7.99. The van der Waals surface area contributed by atoms with Crippen LogP contribution in [0.15, 0.2) is 30.5 Å². The zero-order chi connectivity index (χ0) is 12.8. The van der Waals surface area contributed by atoms with Crippen molar-refractivity contribution >= 4 is 17.3 Å². The van der Waals surface area contributed by atoms with Gasteiger partial charge >= 0.3 is 0 Å². The minimum absolute atomic E-state index is 0.624.